The molecule has 1 saturated carbocycles. The van der Waals surface area contributed by atoms with Crippen molar-refractivity contribution in [2.24, 2.45) is 0 Å². The first-order chi connectivity index (χ1) is 13.0. The van der Waals surface area contributed by atoms with Gasteiger partial charge in [0.25, 0.3) is 0 Å². The lowest BCUT2D eigenvalue weighted by molar-refractivity contribution is 0.0454. The van der Waals surface area contributed by atoms with Gasteiger partial charge in [0.2, 0.25) is 0 Å². The van der Waals surface area contributed by atoms with Crippen LogP contribution < -0.4 is 5.32 Å². The minimum atomic E-state index is -0.442. The Hall–Kier alpha value is -2.25. The van der Waals surface area contributed by atoms with E-state index in [1.165, 1.54) is 12.8 Å². The summed E-state index contributed by atoms with van der Waals surface area (Å²) in [5, 5.41) is 7.61. The first-order valence-corrected chi connectivity index (χ1v) is 10.0. The monoisotopic (exact) mass is 375 g/mol. The van der Waals surface area contributed by atoms with Crippen molar-refractivity contribution in [1.82, 2.24) is 19.6 Å². The molecule has 1 spiro atoms. The summed E-state index contributed by atoms with van der Waals surface area (Å²) >= 11 is 0. The first-order valence-electron chi connectivity index (χ1n) is 10.0. The Labute approximate surface area is 159 Å². The molecule has 0 aromatic carbocycles. The normalized spacial score (nSPS) is 26.5. The van der Waals surface area contributed by atoms with Crippen LogP contribution in [0.15, 0.2) is 6.20 Å². The zero-order valence-corrected chi connectivity index (χ0v) is 16.2. The number of amides is 3. The maximum absolute atomic E-state index is 12.9. The molecular weight excluding hydrogens is 346 g/mol. The Morgan fingerprint density at radius 3 is 2.74 bits per heavy atom. The van der Waals surface area contributed by atoms with Gasteiger partial charge in [-0.15, -0.1) is 0 Å². The van der Waals surface area contributed by atoms with Crippen LogP contribution in [-0.2, 0) is 4.74 Å². The molecule has 0 unspecified atom stereocenters. The number of nitrogens with one attached hydrogen (secondary N) is 1. The third kappa shape index (κ3) is 3.49. The lowest BCUT2D eigenvalue weighted by atomic mass is 9.95. The van der Waals surface area contributed by atoms with E-state index in [0.29, 0.717) is 32.1 Å². The fourth-order valence-electron chi connectivity index (χ4n) is 4.63. The van der Waals surface area contributed by atoms with Crippen molar-refractivity contribution in [3.05, 3.63) is 11.8 Å². The largest absolute Gasteiger partial charge is 0.441 e. The van der Waals surface area contributed by atoms with Crippen LogP contribution in [-0.4, -0.2) is 64.0 Å². The first kappa shape index (κ1) is 18.1. The van der Waals surface area contributed by atoms with E-state index in [1.54, 1.807) is 11.9 Å². The van der Waals surface area contributed by atoms with E-state index in [2.05, 4.69) is 10.4 Å². The van der Waals surface area contributed by atoms with Crippen molar-refractivity contribution in [2.45, 2.75) is 63.5 Å². The number of aryl methyl sites for hydroxylation is 1. The maximum atomic E-state index is 12.9. The highest BCUT2D eigenvalue weighted by Gasteiger charge is 2.44. The molecule has 1 aromatic heterocycles. The van der Waals surface area contributed by atoms with Crippen molar-refractivity contribution >= 4 is 17.9 Å². The molecule has 1 aliphatic carbocycles. The molecule has 3 aliphatic rings. The third-order valence-corrected chi connectivity index (χ3v) is 6.20. The van der Waals surface area contributed by atoms with Crippen LogP contribution in [0.4, 0.5) is 15.4 Å². The quantitative estimate of drug-likeness (QED) is 0.861. The Balaban J connectivity index is 1.42. The number of aromatic nitrogens is 2. The number of anilines is 1. The number of carbonyl (C=O) groups is 2. The van der Waals surface area contributed by atoms with Gasteiger partial charge in [0.05, 0.1) is 18.8 Å². The van der Waals surface area contributed by atoms with Crippen LogP contribution in [0.2, 0.25) is 0 Å². The molecule has 27 heavy (non-hydrogen) atoms. The summed E-state index contributed by atoms with van der Waals surface area (Å²) in [5.41, 5.74) is 0.551. The van der Waals surface area contributed by atoms with E-state index in [4.69, 9.17) is 4.74 Å². The number of nitrogens with zero attached hydrogens (tertiary/aromatic N) is 4. The van der Waals surface area contributed by atoms with E-state index in [9.17, 15) is 9.59 Å². The van der Waals surface area contributed by atoms with Crippen LogP contribution in [0.3, 0.4) is 0 Å². The lowest BCUT2D eigenvalue weighted by Crippen LogP contribution is -2.39. The van der Waals surface area contributed by atoms with Crippen molar-refractivity contribution in [1.29, 1.82) is 0 Å². The van der Waals surface area contributed by atoms with Gasteiger partial charge in [-0.3, -0.25) is 5.32 Å². The number of hydrogen-bond donors (Lipinski definition) is 1. The zero-order valence-electron chi connectivity index (χ0n) is 16.2. The number of likely N-dealkylation sites (N-methyl/N-ethyl adjacent to an activating group) is 1. The smallest absolute Gasteiger partial charge is 0.410 e. The van der Waals surface area contributed by atoms with Crippen molar-refractivity contribution in [3.8, 4) is 0 Å². The van der Waals surface area contributed by atoms with E-state index >= 15 is 0 Å². The number of carbonyl (C=O) groups excluding carboxylic acids is 2. The molecule has 8 heteroatoms. The molecule has 0 radical (unpaired) electrons. The number of rotatable bonds is 2. The highest BCUT2D eigenvalue weighted by molar-refractivity contribution is 5.89. The molecule has 2 saturated heterocycles. The summed E-state index contributed by atoms with van der Waals surface area (Å²) in [7, 11) is 1.76. The van der Waals surface area contributed by atoms with Gasteiger partial charge in [0.1, 0.15) is 11.4 Å². The molecule has 8 nitrogen and oxygen atoms in total. The van der Waals surface area contributed by atoms with Gasteiger partial charge < -0.3 is 14.5 Å². The van der Waals surface area contributed by atoms with Crippen LogP contribution in [0, 0.1) is 6.92 Å². The van der Waals surface area contributed by atoms with Gasteiger partial charge in [-0.2, -0.15) is 5.10 Å². The van der Waals surface area contributed by atoms with Crippen LogP contribution in [0.1, 0.15) is 56.6 Å². The van der Waals surface area contributed by atoms with Gasteiger partial charge in [0, 0.05) is 32.1 Å². The lowest BCUT2D eigenvalue weighted by Gasteiger charge is -2.25. The van der Waals surface area contributed by atoms with E-state index in [0.717, 1.165) is 37.1 Å². The van der Waals surface area contributed by atoms with Crippen molar-refractivity contribution in [2.75, 3.05) is 32.0 Å². The molecule has 3 fully saturated rings. The standard InChI is InChI=1S/C19H29N5O3/c1-14-12-20-24(15-6-3-4-7-15)16(14)21-17(25)23-10-5-8-19(9-11-23)13-22(2)18(26)27-19/h12,15H,3-11,13H2,1-2H3,(H,21,25)/t19-/m1/s1. The number of ether oxygens (including phenoxy) is 1. The number of urea groups is 1. The Morgan fingerprint density at radius 1 is 1.26 bits per heavy atom. The third-order valence-electron chi connectivity index (χ3n) is 6.20. The predicted molar refractivity (Wildman–Crippen MR) is 101 cm³/mol. The number of likely N-dealkylation sites (tertiary alicyclic amines) is 1. The SMILES string of the molecule is Cc1cnn(C2CCCC2)c1NC(=O)N1CCC[C@@]2(CC1)CN(C)C(=O)O2. The summed E-state index contributed by atoms with van der Waals surface area (Å²) in [6.45, 7) is 3.85. The molecule has 3 amide bonds. The molecule has 4 rings (SSSR count). The van der Waals surface area contributed by atoms with Gasteiger partial charge in [-0.05, 0) is 32.6 Å². The van der Waals surface area contributed by atoms with Crippen LogP contribution in [0.5, 0.6) is 0 Å². The van der Waals surface area contributed by atoms with E-state index in [1.807, 2.05) is 22.7 Å². The summed E-state index contributed by atoms with van der Waals surface area (Å²) in [6, 6.07) is 0.294. The van der Waals surface area contributed by atoms with Gasteiger partial charge in [-0.25, -0.2) is 14.3 Å². The second kappa shape index (κ2) is 7.05. The molecule has 1 aromatic rings. The molecule has 3 heterocycles. The predicted octanol–water partition coefficient (Wildman–Crippen LogP) is 3.15. The molecule has 148 valence electrons. The summed E-state index contributed by atoms with van der Waals surface area (Å²) < 4.78 is 7.63. The van der Waals surface area contributed by atoms with Gasteiger partial charge >= 0.3 is 12.1 Å². The maximum Gasteiger partial charge on any atom is 0.410 e. The highest BCUT2D eigenvalue weighted by Crippen LogP contribution is 2.34. The summed E-state index contributed by atoms with van der Waals surface area (Å²) in [6.07, 6.45) is 8.56. The fraction of sp³-hybridized carbons (Fsp3) is 0.737. The van der Waals surface area contributed by atoms with Crippen LogP contribution in [0.25, 0.3) is 0 Å². The Bertz CT molecular complexity index is 727. The Morgan fingerprint density at radius 2 is 2.04 bits per heavy atom. The topological polar surface area (TPSA) is 79.7 Å². The zero-order chi connectivity index (χ0) is 19.0. The minimum Gasteiger partial charge on any atom is -0.441 e. The van der Waals surface area contributed by atoms with Crippen molar-refractivity contribution in [3.63, 3.8) is 0 Å². The molecule has 2 aliphatic heterocycles. The van der Waals surface area contributed by atoms with Crippen LogP contribution >= 0.6 is 0 Å². The summed E-state index contributed by atoms with van der Waals surface area (Å²) in [5.74, 6) is 0.817. The average molecular weight is 375 g/mol. The highest BCUT2D eigenvalue weighted by atomic mass is 16.6. The molecule has 1 atom stereocenters. The number of hydrogen-bond acceptors (Lipinski definition) is 4. The molecule has 0 bridgehead atoms. The average Bonchev–Trinajstić information content (AvgIpc) is 3.29. The Kier molecular flexibility index (Phi) is 4.74. The summed E-state index contributed by atoms with van der Waals surface area (Å²) in [4.78, 5) is 28.2. The minimum absolute atomic E-state index is 0.0902. The van der Waals surface area contributed by atoms with Gasteiger partial charge in [-0.1, -0.05) is 12.8 Å². The van der Waals surface area contributed by atoms with E-state index < -0.39 is 5.60 Å². The van der Waals surface area contributed by atoms with Gasteiger partial charge in [0.15, 0.2) is 0 Å². The van der Waals surface area contributed by atoms with E-state index in [-0.39, 0.29) is 12.1 Å². The molecular formula is C19H29N5O3. The second-order valence-electron chi connectivity index (χ2n) is 8.24. The fourth-order valence-corrected chi connectivity index (χ4v) is 4.63. The van der Waals surface area contributed by atoms with Crippen molar-refractivity contribution < 1.29 is 14.3 Å². The second-order valence-corrected chi connectivity index (χ2v) is 8.24. The molecule has 1 N–H and O–H groups in total.